The topological polar surface area (TPSA) is 61.8 Å². The lowest BCUT2D eigenvalue weighted by atomic mass is 9.77. The zero-order valence-corrected chi connectivity index (χ0v) is 15.9. The first kappa shape index (κ1) is 18.0. The van der Waals surface area contributed by atoms with Gasteiger partial charge < -0.3 is 20.1 Å². The fraction of sp³-hybridized carbons (Fsp3) is 0.667. The van der Waals surface area contributed by atoms with Crippen LogP contribution < -0.4 is 5.32 Å². The summed E-state index contributed by atoms with van der Waals surface area (Å²) in [6.07, 6.45) is 5.89. The van der Waals surface area contributed by atoms with Gasteiger partial charge in [-0.05, 0) is 75.8 Å². The summed E-state index contributed by atoms with van der Waals surface area (Å²) >= 11 is 0. The molecule has 2 saturated heterocycles. The largest absolute Gasteiger partial charge is 0.386 e. The molecule has 3 aliphatic rings. The summed E-state index contributed by atoms with van der Waals surface area (Å²) in [6, 6.07) is 6.24. The number of aliphatic hydroxyl groups is 1. The van der Waals surface area contributed by atoms with Gasteiger partial charge in [0.15, 0.2) is 0 Å². The molecule has 1 aromatic rings. The Morgan fingerprint density at radius 2 is 2.00 bits per heavy atom. The summed E-state index contributed by atoms with van der Waals surface area (Å²) in [6.45, 7) is 3.60. The maximum absolute atomic E-state index is 12.9. The summed E-state index contributed by atoms with van der Waals surface area (Å²) in [4.78, 5) is 14.9. The van der Waals surface area contributed by atoms with Crippen LogP contribution >= 0.6 is 0 Å². The molecule has 1 aromatic carbocycles. The molecule has 1 aliphatic carbocycles. The molecule has 2 heterocycles. The fourth-order valence-electron chi connectivity index (χ4n) is 4.82. The van der Waals surface area contributed by atoms with E-state index in [1.807, 2.05) is 24.9 Å². The van der Waals surface area contributed by atoms with Gasteiger partial charge in [0.2, 0.25) is 0 Å². The fourth-order valence-corrected chi connectivity index (χ4v) is 4.82. The van der Waals surface area contributed by atoms with Gasteiger partial charge in [-0.25, -0.2) is 0 Å². The highest BCUT2D eigenvalue weighted by Crippen LogP contribution is 2.38. The first-order valence-electron chi connectivity index (χ1n) is 9.87. The number of carbonyl (C=O) groups excluding carboxylic acids is 1. The van der Waals surface area contributed by atoms with Crippen molar-refractivity contribution in [1.82, 2.24) is 10.2 Å². The summed E-state index contributed by atoms with van der Waals surface area (Å²) in [5.41, 5.74) is 2.52. The zero-order valence-electron chi connectivity index (χ0n) is 15.9. The molecule has 5 nitrogen and oxygen atoms in total. The van der Waals surface area contributed by atoms with E-state index in [9.17, 15) is 9.90 Å². The Morgan fingerprint density at radius 1 is 1.27 bits per heavy atom. The first-order valence-corrected chi connectivity index (χ1v) is 9.87. The Labute approximate surface area is 155 Å². The Balaban J connectivity index is 1.41. The van der Waals surface area contributed by atoms with Gasteiger partial charge in [-0.15, -0.1) is 0 Å². The lowest BCUT2D eigenvalue weighted by Gasteiger charge is -2.50. The predicted octanol–water partition coefficient (Wildman–Crippen LogP) is 1.91. The van der Waals surface area contributed by atoms with Gasteiger partial charge in [-0.1, -0.05) is 6.07 Å². The molecule has 0 radical (unpaired) electrons. The van der Waals surface area contributed by atoms with Crippen LogP contribution in [0.5, 0.6) is 0 Å². The van der Waals surface area contributed by atoms with E-state index in [0.717, 1.165) is 37.7 Å². The third kappa shape index (κ3) is 3.17. The molecule has 2 aliphatic heterocycles. The molecular formula is C21H30N2O3. The average molecular weight is 358 g/mol. The predicted molar refractivity (Wildman–Crippen MR) is 100 cm³/mol. The van der Waals surface area contributed by atoms with E-state index in [2.05, 4.69) is 17.4 Å². The standard InChI is InChI=1S/C21H30N2O3/c1-20(25)14-26-21(13-18(20)22-2)8-10-23(11-9-21)19(24)17-7-6-15-4-3-5-16(15)12-17/h6-7,12,18,22,25H,3-5,8-11,13-14H2,1-2H3/t18-,20-/m0/s1. The second-order valence-corrected chi connectivity index (χ2v) is 8.50. The molecule has 0 aromatic heterocycles. The molecular weight excluding hydrogens is 328 g/mol. The molecule has 1 spiro atoms. The number of ether oxygens (including phenoxy) is 1. The summed E-state index contributed by atoms with van der Waals surface area (Å²) in [5.74, 6) is 0.141. The number of benzene rings is 1. The van der Waals surface area contributed by atoms with E-state index in [1.54, 1.807) is 0 Å². The Morgan fingerprint density at radius 3 is 2.73 bits per heavy atom. The van der Waals surface area contributed by atoms with Gasteiger partial charge in [0.05, 0.1) is 12.2 Å². The number of amides is 1. The second-order valence-electron chi connectivity index (χ2n) is 8.50. The number of fused-ring (bicyclic) bond motifs is 1. The smallest absolute Gasteiger partial charge is 0.253 e. The van der Waals surface area contributed by atoms with Crippen LogP contribution in [-0.4, -0.2) is 59.9 Å². The molecule has 2 fully saturated rings. The number of likely N-dealkylation sites (tertiary alicyclic amines) is 1. The Hall–Kier alpha value is -1.43. The highest BCUT2D eigenvalue weighted by atomic mass is 16.5. The van der Waals surface area contributed by atoms with Crippen molar-refractivity contribution in [2.75, 3.05) is 26.7 Å². The maximum atomic E-state index is 12.9. The van der Waals surface area contributed by atoms with Gasteiger partial charge in [-0.3, -0.25) is 4.79 Å². The Kier molecular flexibility index (Phi) is 4.58. The number of hydrogen-bond donors (Lipinski definition) is 2. The van der Waals surface area contributed by atoms with Crippen LogP contribution in [0.1, 0.15) is 54.1 Å². The normalized spacial score (nSPS) is 30.4. The van der Waals surface area contributed by atoms with Crippen LogP contribution in [0.2, 0.25) is 0 Å². The summed E-state index contributed by atoms with van der Waals surface area (Å²) in [7, 11) is 1.89. The minimum atomic E-state index is -0.836. The number of nitrogens with one attached hydrogen (secondary N) is 1. The van der Waals surface area contributed by atoms with Crippen LogP contribution in [0, 0.1) is 0 Å². The number of aryl methyl sites for hydroxylation is 2. The average Bonchev–Trinajstić information content (AvgIpc) is 3.12. The minimum Gasteiger partial charge on any atom is -0.386 e. The van der Waals surface area contributed by atoms with Gasteiger partial charge >= 0.3 is 0 Å². The minimum absolute atomic E-state index is 0.0233. The van der Waals surface area contributed by atoms with Gasteiger partial charge in [0.25, 0.3) is 5.91 Å². The van der Waals surface area contributed by atoms with E-state index < -0.39 is 5.60 Å². The van der Waals surface area contributed by atoms with E-state index in [-0.39, 0.29) is 17.6 Å². The highest BCUT2D eigenvalue weighted by Gasteiger charge is 2.48. The Bertz CT molecular complexity index is 692. The quantitative estimate of drug-likeness (QED) is 0.848. The van der Waals surface area contributed by atoms with Crippen LogP contribution in [0.3, 0.4) is 0 Å². The number of hydrogen-bond acceptors (Lipinski definition) is 4. The van der Waals surface area contributed by atoms with Crippen LogP contribution in [0.15, 0.2) is 18.2 Å². The van der Waals surface area contributed by atoms with Crippen molar-refractivity contribution in [2.45, 2.75) is 62.7 Å². The van der Waals surface area contributed by atoms with E-state index in [1.165, 1.54) is 17.5 Å². The van der Waals surface area contributed by atoms with E-state index in [0.29, 0.717) is 19.7 Å². The maximum Gasteiger partial charge on any atom is 0.253 e. The molecule has 2 atom stereocenters. The second kappa shape index (κ2) is 6.63. The van der Waals surface area contributed by atoms with Crippen LogP contribution in [0.4, 0.5) is 0 Å². The summed E-state index contributed by atoms with van der Waals surface area (Å²) in [5, 5.41) is 13.7. The number of carbonyl (C=O) groups is 1. The van der Waals surface area contributed by atoms with Crippen molar-refractivity contribution in [3.8, 4) is 0 Å². The van der Waals surface area contributed by atoms with Crippen molar-refractivity contribution in [1.29, 1.82) is 0 Å². The number of piperidine rings is 1. The molecule has 2 N–H and O–H groups in total. The summed E-state index contributed by atoms with van der Waals surface area (Å²) < 4.78 is 6.12. The highest BCUT2D eigenvalue weighted by molar-refractivity contribution is 5.94. The van der Waals surface area contributed by atoms with Crippen molar-refractivity contribution < 1.29 is 14.6 Å². The van der Waals surface area contributed by atoms with Gasteiger partial charge in [0.1, 0.15) is 5.60 Å². The van der Waals surface area contributed by atoms with Crippen LogP contribution in [-0.2, 0) is 17.6 Å². The zero-order chi connectivity index (χ0) is 18.4. The number of rotatable bonds is 2. The first-order chi connectivity index (χ1) is 12.4. The molecule has 0 saturated carbocycles. The lowest BCUT2D eigenvalue weighted by Crippen LogP contribution is -2.62. The van der Waals surface area contributed by atoms with E-state index >= 15 is 0 Å². The molecule has 0 unspecified atom stereocenters. The van der Waals surface area contributed by atoms with E-state index in [4.69, 9.17) is 4.74 Å². The van der Waals surface area contributed by atoms with Gasteiger partial charge in [0, 0.05) is 24.7 Å². The number of likely N-dealkylation sites (N-methyl/N-ethyl adjacent to an activating group) is 1. The lowest BCUT2D eigenvalue weighted by molar-refractivity contribution is -0.189. The van der Waals surface area contributed by atoms with Crippen molar-refractivity contribution >= 4 is 5.91 Å². The van der Waals surface area contributed by atoms with Crippen molar-refractivity contribution in [3.63, 3.8) is 0 Å². The van der Waals surface area contributed by atoms with Gasteiger partial charge in [-0.2, -0.15) is 0 Å². The van der Waals surface area contributed by atoms with Crippen molar-refractivity contribution in [3.05, 3.63) is 34.9 Å². The molecule has 1 amide bonds. The third-order valence-corrected chi connectivity index (χ3v) is 6.65. The molecule has 5 heteroatoms. The molecule has 26 heavy (non-hydrogen) atoms. The monoisotopic (exact) mass is 358 g/mol. The molecule has 4 rings (SSSR count). The number of nitrogens with zero attached hydrogens (tertiary/aromatic N) is 1. The SMILES string of the molecule is CN[C@H]1CC2(CCN(C(=O)c3ccc4c(c3)CCC4)CC2)OC[C@]1(C)O. The molecule has 0 bridgehead atoms. The third-order valence-electron chi connectivity index (χ3n) is 6.65. The molecule has 142 valence electrons. The van der Waals surface area contributed by atoms with Crippen molar-refractivity contribution in [2.24, 2.45) is 0 Å². The van der Waals surface area contributed by atoms with Crippen LogP contribution in [0.25, 0.3) is 0 Å².